The summed E-state index contributed by atoms with van der Waals surface area (Å²) in [6.07, 6.45) is 4.73. The van der Waals surface area contributed by atoms with Gasteiger partial charge in [-0.3, -0.25) is 0 Å². The number of hydrogen-bond donors (Lipinski definition) is 1. The molecule has 0 unspecified atom stereocenters. The van der Waals surface area contributed by atoms with Crippen molar-refractivity contribution >= 4 is 16.2 Å². The van der Waals surface area contributed by atoms with Crippen molar-refractivity contribution in [2.45, 2.75) is 45.4 Å². The largest absolute Gasteiger partial charge is 0.444 e. The molecule has 0 bridgehead atoms. The molecule has 138 valence electrons. The van der Waals surface area contributed by atoms with Gasteiger partial charge >= 0.3 is 16.2 Å². The van der Waals surface area contributed by atoms with E-state index >= 15 is 0 Å². The van der Waals surface area contributed by atoms with E-state index in [9.17, 15) is 13.2 Å². The fourth-order valence-corrected chi connectivity index (χ4v) is 2.56. The smallest absolute Gasteiger partial charge is 0.432 e. The standard InChI is InChI=1S/C18H25NO5S/c1-14(2)6-5-7-15(3)12-13-23-18(20)19-24-25(21,22)17-10-8-16(4)9-11-17/h6,8-12H,5,7,13H2,1-4H3,(H,19,20)/b15-12+. The van der Waals surface area contributed by atoms with Gasteiger partial charge in [-0.1, -0.05) is 34.9 Å². The van der Waals surface area contributed by atoms with E-state index in [4.69, 9.17) is 4.74 Å². The first-order valence-electron chi connectivity index (χ1n) is 7.92. The molecule has 0 aromatic heterocycles. The minimum Gasteiger partial charge on any atom is -0.444 e. The van der Waals surface area contributed by atoms with Crippen LogP contribution in [0.4, 0.5) is 4.79 Å². The van der Waals surface area contributed by atoms with Crippen LogP contribution in [0.1, 0.15) is 39.2 Å². The maximum atomic E-state index is 11.9. The summed E-state index contributed by atoms with van der Waals surface area (Å²) in [5.74, 6) is 0. The van der Waals surface area contributed by atoms with E-state index in [1.165, 1.54) is 17.7 Å². The van der Waals surface area contributed by atoms with E-state index in [0.29, 0.717) is 0 Å². The fourth-order valence-electron chi connectivity index (χ4n) is 1.82. The number of carbonyl (C=O) groups excluding carboxylic acids is 1. The molecule has 0 aliphatic carbocycles. The normalized spacial score (nSPS) is 11.8. The van der Waals surface area contributed by atoms with Crippen LogP contribution < -0.4 is 5.48 Å². The van der Waals surface area contributed by atoms with Gasteiger partial charge in [-0.15, -0.1) is 4.28 Å². The van der Waals surface area contributed by atoms with Gasteiger partial charge in [0, 0.05) is 0 Å². The molecule has 1 rings (SSSR count). The van der Waals surface area contributed by atoms with E-state index in [-0.39, 0.29) is 11.5 Å². The van der Waals surface area contributed by atoms with Gasteiger partial charge in [0.15, 0.2) is 0 Å². The minimum absolute atomic E-state index is 0.0421. The first-order valence-corrected chi connectivity index (χ1v) is 9.33. The number of carbonyl (C=O) groups is 1. The molecule has 7 heteroatoms. The predicted octanol–water partition coefficient (Wildman–Crippen LogP) is 4.03. The Kier molecular flexibility index (Phi) is 8.37. The Balaban J connectivity index is 2.39. The number of ether oxygens (including phenoxy) is 1. The maximum Gasteiger partial charge on any atom is 0.432 e. The van der Waals surface area contributed by atoms with Crippen LogP contribution in [0.5, 0.6) is 0 Å². The van der Waals surface area contributed by atoms with Crippen molar-refractivity contribution in [3.63, 3.8) is 0 Å². The van der Waals surface area contributed by atoms with E-state index in [0.717, 1.165) is 24.0 Å². The number of aryl methyl sites for hydroxylation is 1. The minimum atomic E-state index is -4.07. The molecule has 1 aromatic rings. The van der Waals surface area contributed by atoms with Crippen molar-refractivity contribution in [2.24, 2.45) is 0 Å². The van der Waals surface area contributed by atoms with Crippen LogP contribution in [0, 0.1) is 6.92 Å². The summed E-state index contributed by atoms with van der Waals surface area (Å²) in [6, 6.07) is 6.07. The Bertz CT molecular complexity index is 729. The summed E-state index contributed by atoms with van der Waals surface area (Å²) >= 11 is 0. The van der Waals surface area contributed by atoms with Crippen LogP contribution in [0.15, 0.2) is 52.5 Å². The molecule has 1 aromatic carbocycles. The molecule has 1 amide bonds. The maximum absolute atomic E-state index is 11.9. The van der Waals surface area contributed by atoms with Gasteiger partial charge in [0.2, 0.25) is 0 Å². The van der Waals surface area contributed by atoms with Crippen molar-refractivity contribution in [3.8, 4) is 0 Å². The van der Waals surface area contributed by atoms with Crippen molar-refractivity contribution in [3.05, 3.63) is 53.1 Å². The predicted molar refractivity (Wildman–Crippen MR) is 96.4 cm³/mol. The molecule has 0 heterocycles. The lowest BCUT2D eigenvalue weighted by Gasteiger charge is -2.07. The van der Waals surface area contributed by atoms with Crippen LogP contribution >= 0.6 is 0 Å². The molecule has 0 radical (unpaired) electrons. The molecule has 25 heavy (non-hydrogen) atoms. The van der Waals surface area contributed by atoms with E-state index in [1.54, 1.807) is 23.7 Å². The van der Waals surface area contributed by atoms with E-state index in [1.807, 2.05) is 27.7 Å². The molecule has 0 saturated heterocycles. The Morgan fingerprint density at radius 3 is 2.36 bits per heavy atom. The first-order chi connectivity index (χ1) is 11.7. The van der Waals surface area contributed by atoms with Gasteiger partial charge in [-0.05, 0) is 58.7 Å². The lowest BCUT2D eigenvalue weighted by atomic mass is 10.1. The van der Waals surface area contributed by atoms with Gasteiger partial charge in [0.1, 0.15) is 6.61 Å². The SMILES string of the molecule is CC(C)=CCC/C(C)=C/COC(=O)NOS(=O)(=O)c1ccc(C)cc1. The highest BCUT2D eigenvalue weighted by Gasteiger charge is 2.17. The number of rotatable bonds is 8. The molecule has 0 saturated carbocycles. The van der Waals surface area contributed by atoms with Gasteiger partial charge in [0.25, 0.3) is 0 Å². The summed E-state index contributed by atoms with van der Waals surface area (Å²) in [6.45, 7) is 7.90. The molecule has 0 aliphatic heterocycles. The Hall–Kier alpha value is -2.12. The highest BCUT2D eigenvalue weighted by molar-refractivity contribution is 7.86. The number of nitrogens with one attached hydrogen (secondary N) is 1. The molecule has 6 nitrogen and oxygen atoms in total. The summed E-state index contributed by atoms with van der Waals surface area (Å²) in [7, 11) is -4.07. The van der Waals surface area contributed by atoms with Crippen LogP contribution in [-0.4, -0.2) is 21.1 Å². The molecule has 0 spiro atoms. The number of amides is 1. The summed E-state index contributed by atoms with van der Waals surface area (Å²) in [5, 5.41) is 0. The zero-order chi connectivity index (χ0) is 18.9. The van der Waals surface area contributed by atoms with E-state index < -0.39 is 16.2 Å². The monoisotopic (exact) mass is 367 g/mol. The Morgan fingerprint density at radius 1 is 1.12 bits per heavy atom. The average Bonchev–Trinajstić information content (AvgIpc) is 2.53. The molecular formula is C18H25NO5S. The highest BCUT2D eigenvalue weighted by Crippen LogP contribution is 2.12. The molecule has 1 N–H and O–H groups in total. The molecule has 0 aliphatic rings. The number of benzene rings is 1. The van der Waals surface area contributed by atoms with E-state index in [2.05, 4.69) is 10.4 Å². The van der Waals surface area contributed by atoms with Crippen molar-refractivity contribution in [2.75, 3.05) is 6.61 Å². The van der Waals surface area contributed by atoms with Crippen molar-refractivity contribution < 1.29 is 22.2 Å². The van der Waals surface area contributed by atoms with Crippen LogP contribution in [-0.2, 0) is 19.1 Å². The molecule has 0 fully saturated rings. The second kappa shape index (κ2) is 10.0. The second-order valence-electron chi connectivity index (χ2n) is 5.92. The van der Waals surface area contributed by atoms with Gasteiger partial charge < -0.3 is 4.74 Å². The number of hydrogen-bond acceptors (Lipinski definition) is 5. The number of allylic oxidation sites excluding steroid dienone is 3. The first kappa shape index (κ1) is 20.9. The third-order valence-electron chi connectivity index (χ3n) is 3.28. The quantitative estimate of drug-likeness (QED) is 0.554. The lowest BCUT2D eigenvalue weighted by molar-refractivity contribution is 0.111. The third-order valence-corrected chi connectivity index (χ3v) is 4.43. The van der Waals surface area contributed by atoms with Gasteiger partial charge in [0.05, 0.1) is 4.90 Å². The van der Waals surface area contributed by atoms with Crippen LogP contribution in [0.2, 0.25) is 0 Å². The third kappa shape index (κ3) is 8.51. The molecular weight excluding hydrogens is 342 g/mol. The zero-order valence-electron chi connectivity index (χ0n) is 15.0. The zero-order valence-corrected chi connectivity index (χ0v) is 15.9. The van der Waals surface area contributed by atoms with Crippen molar-refractivity contribution in [1.29, 1.82) is 0 Å². The highest BCUT2D eigenvalue weighted by atomic mass is 32.2. The molecule has 0 atom stereocenters. The Morgan fingerprint density at radius 2 is 1.76 bits per heavy atom. The van der Waals surface area contributed by atoms with Crippen molar-refractivity contribution in [1.82, 2.24) is 5.48 Å². The average molecular weight is 367 g/mol. The van der Waals surface area contributed by atoms with Gasteiger partial charge in [-0.2, -0.15) is 13.9 Å². The van der Waals surface area contributed by atoms with Crippen LogP contribution in [0.25, 0.3) is 0 Å². The number of hydroxylamine groups is 1. The summed E-state index contributed by atoms with van der Waals surface area (Å²) in [4.78, 5) is 11.5. The van der Waals surface area contributed by atoms with Gasteiger partial charge in [-0.25, -0.2) is 4.79 Å². The summed E-state index contributed by atoms with van der Waals surface area (Å²) in [5.41, 5.74) is 5.04. The second-order valence-corrected chi connectivity index (χ2v) is 7.47. The lowest BCUT2D eigenvalue weighted by Crippen LogP contribution is -2.28. The topological polar surface area (TPSA) is 81.7 Å². The Labute approximate surface area is 149 Å². The fraction of sp³-hybridized carbons (Fsp3) is 0.389. The summed E-state index contributed by atoms with van der Waals surface area (Å²) < 4.78 is 33.1. The van der Waals surface area contributed by atoms with Crippen LogP contribution in [0.3, 0.4) is 0 Å².